The molecule has 3 aromatic rings. The predicted molar refractivity (Wildman–Crippen MR) is 90.4 cm³/mol. The van der Waals surface area contributed by atoms with Gasteiger partial charge in [-0.25, -0.2) is 18.2 Å². The number of amides is 1. The highest BCUT2D eigenvalue weighted by Crippen LogP contribution is 2.23. The van der Waals surface area contributed by atoms with Crippen LogP contribution in [0.5, 0.6) is 0 Å². The molecule has 2 aromatic carbocycles. The molecule has 0 aliphatic rings. The van der Waals surface area contributed by atoms with Crippen molar-refractivity contribution in [1.82, 2.24) is 4.98 Å². The lowest BCUT2D eigenvalue weighted by atomic mass is 10.1. The van der Waals surface area contributed by atoms with E-state index in [-0.39, 0.29) is 11.5 Å². The van der Waals surface area contributed by atoms with Crippen LogP contribution in [0, 0.1) is 24.4 Å². The summed E-state index contributed by atoms with van der Waals surface area (Å²) >= 11 is 1.16. The third kappa shape index (κ3) is 3.88. The van der Waals surface area contributed by atoms with Crippen molar-refractivity contribution >= 4 is 22.9 Å². The lowest BCUT2D eigenvalue weighted by molar-refractivity contribution is 0.102. The summed E-state index contributed by atoms with van der Waals surface area (Å²) < 4.78 is 39.8. The number of halogens is 3. The Hall–Kier alpha value is -2.67. The van der Waals surface area contributed by atoms with Gasteiger partial charge in [0.15, 0.2) is 11.6 Å². The molecule has 0 saturated heterocycles. The number of thiazole rings is 1. The maximum Gasteiger partial charge on any atom is 0.267 e. The molecule has 0 radical (unpaired) electrons. The summed E-state index contributed by atoms with van der Waals surface area (Å²) in [6.07, 6.45) is 0.452. The second-order valence-corrected chi connectivity index (χ2v) is 6.46. The number of nitrogens with one attached hydrogen (secondary N) is 1. The minimum atomic E-state index is -1.11. The average Bonchev–Trinajstić information content (AvgIpc) is 2.94. The van der Waals surface area contributed by atoms with Crippen molar-refractivity contribution in [3.05, 3.63) is 81.1 Å². The number of aromatic nitrogens is 1. The fourth-order valence-corrected chi connectivity index (χ4v) is 3.29. The molecule has 0 atom stereocenters. The molecule has 3 rings (SSSR count). The third-order valence-corrected chi connectivity index (χ3v) is 4.67. The second-order valence-electron chi connectivity index (χ2n) is 5.38. The van der Waals surface area contributed by atoms with E-state index in [0.29, 0.717) is 22.0 Å². The Bertz CT molecular complexity index is 923. The Morgan fingerprint density at radius 1 is 1.12 bits per heavy atom. The summed E-state index contributed by atoms with van der Waals surface area (Å²) in [5.74, 6) is -3.01. The molecule has 0 aliphatic carbocycles. The number of carbonyl (C=O) groups excluding carboxylic acids is 1. The summed E-state index contributed by atoms with van der Waals surface area (Å²) in [5.41, 5.74) is 1.13. The van der Waals surface area contributed by atoms with Gasteiger partial charge < -0.3 is 5.32 Å². The van der Waals surface area contributed by atoms with E-state index in [4.69, 9.17) is 0 Å². The Kier molecular flexibility index (Phi) is 4.85. The number of carbonyl (C=O) groups is 1. The molecule has 7 heteroatoms. The number of rotatable bonds is 4. The standard InChI is InChI=1S/C18H13F3N2OS/c1-10-17(18(24)23-14-4-2-3-13(20)16(14)21)25-15(22-10)9-11-5-7-12(19)8-6-11/h2-8H,9H2,1H3,(H,23,24). The van der Waals surface area contributed by atoms with Gasteiger partial charge in [0.05, 0.1) is 16.4 Å². The molecule has 0 spiro atoms. The number of benzene rings is 2. The summed E-state index contributed by atoms with van der Waals surface area (Å²) in [6, 6.07) is 9.58. The first-order valence-corrected chi connectivity index (χ1v) is 8.22. The first-order valence-electron chi connectivity index (χ1n) is 7.40. The highest BCUT2D eigenvalue weighted by atomic mass is 32.1. The Labute approximate surface area is 146 Å². The van der Waals surface area contributed by atoms with Crippen LogP contribution in [0.25, 0.3) is 0 Å². The lowest BCUT2D eigenvalue weighted by Gasteiger charge is -2.05. The van der Waals surface area contributed by atoms with E-state index in [9.17, 15) is 18.0 Å². The molecule has 128 valence electrons. The molecular formula is C18H13F3N2OS. The molecular weight excluding hydrogens is 349 g/mol. The summed E-state index contributed by atoms with van der Waals surface area (Å²) in [6.45, 7) is 1.67. The molecule has 1 amide bonds. The summed E-state index contributed by atoms with van der Waals surface area (Å²) in [5, 5.41) is 3.03. The van der Waals surface area contributed by atoms with Gasteiger partial charge in [0, 0.05) is 6.42 Å². The minimum absolute atomic E-state index is 0.224. The zero-order valence-electron chi connectivity index (χ0n) is 13.1. The molecule has 0 aliphatic heterocycles. The number of aryl methyl sites for hydroxylation is 1. The van der Waals surface area contributed by atoms with E-state index in [1.807, 2.05) is 0 Å². The van der Waals surface area contributed by atoms with Crippen LogP contribution in [0.3, 0.4) is 0 Å². The number of anilines is 1. The molecule has 3 nitrogen and oxygen atoms in total. The van der Waals surface area contributed by atoms with Crippen molar-refractivity contribution in [3.8, 4) is 0 Å². The Balaban J connectivity index is 1.78. The summed E-state index contributed by atoms with van der Waals surface area (Å²) in [4.78, 5) is 17.0. The van der Waals surface area contributed by atoms with Gasteiger partial charge in [-0.2, -0.15) is 0 Å². The quantitative estimate of drug-likeness (QED) is 0.730. The van der Waals surface area contributed by atoms with Gasteiger partial charge in [0.2, 0.25) is 0 Å². The minimum Gasteiger partial charge on any atom is -0.319 e. The fourth-order valence-electron chi connectivity index (χ4n) is 2.29. The van der Waals surface area contributed by atoms with E-state index in [2.05, 4.69) is 10.3 Å². The van der Waals surface area contributed by atoms with Crippen molar-refractivity contribution in [2.75, 3.05) is 5.32 Å². The van der Waals surface area contributed by atoms with E-state index in [0.717, 1.165) is 23.0 Å². The van der Waals surface area contributed by atoms with E-state index in [1.54, 1.807) is 19.1 Å². The van der Waals surface area contributed by atoms with E-state index in [1.165, 1.54) is 24.3 Å². The van der Waals surface area contributed by atoms with Crippen molar-refractivity contribution in [2.45, 2.75) is 13.3 Å². The van der Waals surface area contributed by atoms with Gasteiger partial charge in [-0.3, -0.25) is 4.79 Å². The van der Waals surface area contributed by atoms with Gasteiger partial charge in [0.25, 0.3) is 5.91 Å². The van der Waals surface area contributed by atoms with Crippen LogP contribution in [0.4, 0.5) is 18.9 Å². The average molecular weight is 362 g/mol. The maximum absolute atomic E-state index is 13.7. The molecule has 1 N–H and O–H groups in total. The fraction of sp³-hybridized carbons (Fsp3) is 0.111. The smallest absolute Gasteiger partial charge is 0.267 e. The van der Waals surface area contributed by atoms with Gasteiger partial charge in [-0.1, -0.05) is 18.2 Å². The third-order valence-electron chi connectivity index (χ3n) is 3.52. The summed E-state index contributed by atoms with van der Waals surface area (Å²) in [7, 11) is 0. The van der Waals surface area contributed by atoms with Crippen LogP contribution in [-0.4, -0.2) is 10.9 Å². The van der Waals surface area contributed by atoms with Crippen molar-refractivity contribution < 1.29 is 18.0 Å². The largest absolute Gasteiger partial charge is 0.319 e. The van der Waals surface area contributed by atoms with E-state index >= 15 is 0 Å². The monoisotopic (exact) mass is 362 g/mol. The molecule has 0 fully saturated rings. The van der Waals surface area contributed by atoms with Crippen molar-refractivity contribution in [2.24, 2.45) is 0 Å². The van der Waals surface area contributed by atoms with Gasteiger partial charge in [-0.15, -0.1) is 11.3 Å². The number of hydrogen-bond donors (Lipinski definition) is 1. The molecule has 25 heavy (non-hydrogen) atoms. The van der Waals surface area contributed by atoms with Crippen LogP contribution in [0.15, 0.2) is 42.5 Å². The second kappa shape index (κ2) is 7.06. The molecule has 0 saturated carbocycles. The Morgan fingerprint density at radius 3 is 2.56 bits per heavy atom. The molecule has 1 aromatic heterocycles. The molecule has 1 heterocycles. The van der Waals surface area contributed by atoms with Gasteiger partial charge in [-0.05, 0) is 36.8 Å². The van der Waals surface area contributed by atoms with Crippen LogP contribution in [-0.2, 0) is 6.42 Å². The normalized spacial score (nSPS) is 10.7. The zero-order chi connectivity index (χ0) is 18.0. The van der Waals surface area contributed by atoms with Crippen molar-refractivity contribution in [1.29, 1.82) is 0 Å². The van der Waals surface area contributed by atoms with Crippen LogP contribution >= 0.6 is 11.3 Å². The van der Waals surface area contributed by atoms with Crippen LogP contribution in [0.2, 0.25) is 0 Å². The zero-order valence-corrected chi connectivity index (χ0v) is 14.0. The van der Waals surface area contributed by atoms with Crippen LogP contribution in [0.1, 0.15) is 25.9 Å². The van der Waals surface area contributed by atoms with Crippen molar-refractivity contribution in [3.63, 3.8) is 0 Å². The predicted octanol–water partition coefficient (Wildman–Crippen LogP) is 4.71. The lowest BCUT2D eigenvalue weighted by Crippen LogP contribution is -2.13. The number of nitrogens with zero attached hydrogens (tertiary/aromatic N) is 1. The maximum atomic E-state index is 13.7. The van der Waals surface area contributed by atoms with Gasteiger partial charge in [0.1, 0.15) is 10.7 Å². The highest BCUT2D eigenvalue weighted by molar-refractivity contribution is 7.14. The van der Waals surface area contributed by atoms with Gasteiger partial charge >= 0.3 is 0 Å². The molecule has 0 bridgehead atoms. The number of hydrogen-bond acceptors (Lipinski definition) is 3. The SMILES string of the molecule is Cc1nc(Cc2ccc(F)cc2)sc1C(=O)Nc1cccc(F)c1F. The topological polar surface area (TPSA) is 42.0 Å². The first kappa shape index (κ1) is 17.2. The highest BCUT2D eigenvalue weighted by Gasteiger charge is 2.18. The first-order chi connectivity index (χ1) is 11.9. The Morgan fingerprint density at radius 2 is 1.84 bits per heavy atom. The van der Waals surface area contributed by atoms with E-state index < -0.39 is 17.5 Å². The van der Waals surface area contributed by atoms with Crippen LogP contribution < -0.4 is 5.32 Å². The molecule has 0 unspecified atom stereocenters.